The van der Waals surface area contributed by atoms with Gasteiger partial charge in [0.05, 0.1) is 12.6 Å². The summed E-state index contributed by atoms with van der Waals surface area (Å²) >= 11 is 0. The summed E-state index contributed by atoms with van der Waals surface area (Å²) < 4.78 is 11.0. The zero-order chi connectivity index (χ0) is 12.8. The van der Waals surface area contributed by atoms with Crippen molar-refractivity contribution in [3.8, 4) is 0 Å². The van der Waals surface area contributed by atoms with Crippen LogP contribution in [0.25, 0.3) is 0 Å². The van der Waals surface area contributed by atoms with Crippen molar-refractivity contribution in [2.45, 2.75) is 38.8 Å². The number of ether oxygens (including phenoxy) is 1. The normalized spacial score (nSPS) is 17.3. The number of nitrogens with one attached hydrogen (secondary N) is 1. The van der Waals surface area contributed by atoms with Crippen LogP contribution < -0.4 is 10.2 Å². The smallest absolute Gasteiger partial charge is 0.318 e. The van der Waals surface area contributed by atoms with Crippen LogP contribution in [-0.4, -0.2) is 43.0 Å². The number of piperidine rings is 1. The summed E-state index contributed by atoms with van der Waals surface area (Å²) in [7, 11) is 1.77. The minimum absolute atomic E-state index is 0.370. The first kappa shape index (κ1) is 13.3. The Bertz CT molecular complexity index is 348. The molecule has 0 atom stereocenters. The van der Waals surface area contributed by atoms with Gasteiger partial charge in [0, 0.05) is 20.2 Å². The Morgan fingerprint density at radius 3 is 2.83 bits per heavy atom. The van der Waals surface area contributed by atoms with E-state index >= 15 is 0 Å². The van der Waals surface area contributed by atoms with Crippen LogP contribution in [0.5, 0.6) is 0 Å². The van der Waals surface area contributed by atoms with Gasteiger partial charge in [-0.25, -0.2) is 0 Å². The Hall–Kier alpha value is -1.14. The van der Waals surface area contributed by atoms with E-state index in [-0.39, 0.29) is 0 Å². The SMILES string of the molecule is CCCNCc1nnc(N2CCC(OC)CC2)o1. The molecular weight excluding hydrogens is 232 g/mol. The van der Waals surface area contributed by atoms with Gasteiger partial charge in [0.25, 0.3) is 0 Å². The largest absolute Gasteiger partial charge is 0.407 e. The standard InChI is InChI=1S/C12H22N4O2/c1-3-6-13-9-11-14-15-12(18-11)16-7-4-10(17-2)5-8-16/h10,13H,3-9H2,1-2H3. The second kappa shape index (κ2) is 6.70. The van der Waals surface area contributed by atoms with Gasteiger partial charge in [-0.2, -0.15) is 0 Å². The van der Waals surface area contributed by atoms with Crippen molar-refractivity contribution in [3.63, 3.8) is 0 Å². The van der Waals surface area contributed by atoms with Crippen LogP contribution in [0.4, 0.5) is 6.01 Å². The highest BCUT2D eigenvalue weighted by Gasteiger charge is 2.22. The first-order valence-electron chi connectivity index (χ1n) is 6.64. The molecule has 2 heterocycles. The molecule has 102 valence electrons. The van der Waals surface area contributed by atoms with Crippen LogP contribution in [0.1, 0.15) is 32.1 Å². The van der Waals surface area contributed by atoms with E-state index in [1.54, 1.807) is 7.11 Å². The van der Waals surface area contributed by atoms with Gasteiger partial charge in [0.1, 0.15) is 0 Å². The van der Waals surface area contributed by atoms with Gasteiger partial charge in [0.15, 0.2) is 0 Å². The molecule has 1 N–H and O–H groups in total. The number of hydrogen-bond acceptors (Lipinski definition) is 6. The molecule has 1 aliphatic rings. The molecule has 6 nitrogen and oxygen atoms in total. The number of anilines is 1. The fourth-order valence-corrected chi connectivity index (χ4v) is 2.10. The van der Waals surface area contributed by atoms with E-state index in [9.17, 15) is 0 Å². The first-order chi connectivity index (χ1) is 8.83. The summed E-state index contributed by atoms with van der Waals surface area (Å²) in [6.45, 7) is 5.59. The molecule has 0 radical (unpaired) electrons. The van der Waals surface area contributed by atoms with Gasteiger partial charge in [-0.15, -0.1) is 5.10 Å². The van der Waals surface area contributed by atoms with Crippen LogP contribution in [0.2, 0.25) is 0 Å². The predicted octanol–water partition coefficient (Wildman–Crippen LogP) is 1.18. The van der Waals surface area contributed by atoms with Gasteiger partial charge in [-0.05, 0) is 25.8 Å². The van der Waals surface area contributed by atoms with Crippen LogP contribution in [0, 0.1) is 0 Å². The summed E-state index contributed by atoms with van der Waals surface area (Å²) in [5.41, 5.74) is 0. The Labute approximate surface area is 108 Å². The van der Waals surface area contributed by atoms with Gasteiger partial charge in [-0.1, -0.05) is 12.0 Å². The summed E-state index contributed by atoms with van der Waals surface area (Å²) in [6.07, 6.45) is 3.51. The second-order valence-electron chi connectivity index (χ2n) is 4.58. The van der Waals surface area contributed by atoms with Crippen LogP contribution in [0.15, 0.2) is 4.42 Å². The average molecular weight is 254 g/mol. The zero-order valence-electron chi connectivity index (χ0n) is 11.2. The lowest BCUT2D eigenvalue weighted by molar-refractivity contribution is 0.0810. The van der Waals surface area contributed by atoms with Crippen LogP contribution in [0.3, 0.4) is 0 Å². The Kier molecular flexibility index (Phi) is 4.95. The second-order valence-corrected chi connectivity index (χ2v) is 4.58. The van der Waals surface area contributed by atoms with Gasteiger partial charge >= 0.3 is 6.01 Å². The lowest BCUT2D eigenvalue weighted by atomic mass is 10.1. The molecule has 0 spiro atoms. The summed E-state index contributed by atoms with van der Waals surface area (Å²) in [5.74, 6) is 0.660. The quantitative estimate of drug-likeness (QED) is 0.769. The van der Waals surface area contributed by atoms with Gasteiger partial charge in [-0.3, -0.25) is 0 Å². The Morgan fingerprint density at radius 2 is 2.17 bits per heavy atom. The maximum atomic E-state index is 5.64. The number of methoxy groups -OCH3 is 1. The molecule has 0 saturated carbocycles. The third-order valence-corrected chi connectivity index (χ3v) is 3.21. The summed E-state index contributed by atoms with van der Waals surface area (Å²) in [6, 6.07) is 0.637. The number of rotatable bonds is 6. The van der Waals surface area contributed by atoms with E-state index in [0.29, 0.717) is 24.6 Å². The minimum Gasteiger partial charge on any atom is -0.407 e. The Balaban J connectivity index is 1.82. The van der Waals surface area contributed by atoms with Crippen molar-refractivity contribution in [1.29, 1.82) is 0 Å². The minimum atomic E-state index is 0.370. The molecule has 0 unspecified atom stereocenters. The fourth-order valence-electron chi connectivity index (χ4n) is 2.10. The molecule has 0 aromatic carbocycles. The van der Waals surface area contributed by atoms with Crippen molar-refractivity contribution < 1.29 is 9.15 Å². The Morgan fingerprint density at radius 1 is 1.39 bits per heavy atom. The van der Waals surface area contributed by atoms with Gasteiger partial charge < -0.3 is 19.4 Å². The maximum absolute atomic E-state index is 5.64. The molecule has 18 heavy (non-hydrogen) atoms. The molecule has 0 bridgehead atoms. The lowest BCUT2D eigenvalue weighted by Gasteiger charge is -2.29. The third kappa shape index (κ3) is 3.43. The van der Waals surface area contributed by atoms with Crippen molar-refractivity contribution in [2.75, 3.05) is 31.6 Å². The summed E-state index contributed by atoms with van der Waals surface area (Å²) in [4.78, 5) is 2.13. The highest BCUT2D eigenvalue weighted by Crippen LogP contribution is 2.19. The zero-order valence-corrected chi connectivity index (χ0v) is 11.2. The van der Waals surface area contributed by atoms with Crippen molar-refractivity contribution in [1.82, 2.24) is 15.5 Å². The molecule has 1 aromatic rings. The predicted molar refractivity (Wildman–Crippen MR) is 68.5 cm³/mol. The molecule has 0 aliphatic carbocycles. The van der Waals surface area contributed by atoms with Crippen LogP contribution in [-0.2, 0) is 11.3 Å². The summed E-state index contributed by atoms with van der Waals surface area (Å²) in [5, 5.41) is 11.4. The van der Waals surface area contributed by atoms with Crippen molar-refractivity contribution >= 4 is 6.01 Å². The highest BCUT2D eigenvalue weighted by atomic mass is 16.5. The molecule has 1 aliphatic heterocycles. The molecule has 1 saturated heterocycles. The molecule has 1 fully saturated rings. The topological polar surface area (TPSA) is 63.4 Å². The van der Waals surface area contributed by atoms with E-state index in [4.69, 9.17) is 9.15 Å². The van der Waals surface area contributed by atoms with Crippen molar-refractivity contribution in [2.24, 2.45) is 0 Å². The monoisotopic (exact) mass is 254 g/mol. The first-order valence-corrected chi connectivity index (χ1v) is 6.64. The molecular formula is C12H22N4O2. The number of aromatic nitrogens is 2. The van der Waals surface area contributed by atoms with Crippen molar-refractivity contribution in [3.05, 3.63) is 5.89 Å². The van der Waals surface area contributed by atoms with E-state index in [2.05, 4.69) is 27.3 Å². The van der Waals surface area contributed by atoms with Crippen LogP contribution >= 0.6 is 0 Å². The molecule has 2 rings (SSSR count). The molecule has 0 amide bonds. The molecule has 6 heteroatoms. The van der Waals surface area contributed by atoms with Gasteiger partial charge in [0.2, 0.25) is 5.89 Å². The highest BCUT2D eigenvalue weighted by molar-refractivity contribution is 5.24. The lowest BCUT2D eigenvalue weighted by Crippen LogP contribution is -2.36. The van der Waals surface area contributed by atoms with E-state index < -0.39 is 0 Å². The van der Waals surface area contributed by atoms with E-state index in [1.807, 2.05) is 0 Å². The average Bonchev–Trinajstić information content (AvgIpc) is 2.88. The number of nitrogens with zero attached hydrogens (tertiary/aromatic N) is 3. The maximum Gasteiger partial charge on any atom is 0.318 e. The number of hydrogen-bond donors (Lipinski definition) is 1. The fraction of sp³-hybridized carbons (Fsp3) is 0.833. The molecule has 1 aromatic heterocycles. The third-order valence-electron chi connectivity index (χ3n) is 3.21. The van der Waals surface area contributed by atoms with E-state index in [1.165, 1.54) is 0 Å². The van der Waals surface area contributed by atoms with E-state index in [0.717, 1.165) is 38.9 Å².